The number of hydrogen-bond acceptors (Lipinski definition) is 4. The molecule has 168 valence electrons. The molecule has 2 saturated heterocycles. The van der Waals surface area contributed by atoms with Crippen LogP contribution >= 0.6 is 0 Å². The first-order valence-electron chi connectivity index (χ1n) is 10.5. The molecular formula is C21H32F2N4O3. The van der Waals surface area contributed by atoms with E-state index in [0.717, 1.165) is 13.5 Å². The molecule has 0 bridgehead atoms. The van der Waals surface area contributed by atoms with E-state index in [-0.39, 0.29) is 5.41 Å². The summed E-state index contributed by atoms with van der Waals surface area (Å²) in [6.45, 7) is 7.24. The third-order valence-corrected chi connectivity index (χ3v) is 6.05. The fourth-order valence-electron chi connectivity index (χ4n) is 3.79. The first kappa shape index (κ1) is 22.8. The predicted molar refractivity (Wildman–Crippen MR) is 108 cm³/mol. The molecule has 0 radical (unpaired) electrons. The fourth-order valence-corrected chi connectivity index (χ4v) is 3.79. The standard InChI is InChI=1S/C21H32F2N4O3/c1-5-20(6-7-20)26-16(28)15(12-19(4,22)23)25-17(29)27-10-8-21(9-11-27)24-13-18(2,3)14-30-21/h1,15,24H,6-14H2,2-4H3,(H,25,29)(H,26,28)/t15-/m0/s1. The van der Waals surface area contributed by atoms with E-state index in [1.54, 1.807) is 0 Å². The molecule has 1 spiro atoms. The van der Waals surface area contributed by atoms with Gasteiger partial charge in [-0.2, -0.15) is 0 Å². The van der Waals surface area contributed by atoms with Crippen LogP contribution in [-0.2, 0) is 9.53 Å². The zero-order valence-corrected chi connectivity index (χ0v) is 17.9. The number of ether oxygens (including phenoxy) is 1. The average molecular weight is 427 g/mol. The maximum Gasteiger partial charge on any atom is 0.318 e. The number of carbonyl (C=O) groups excluding carboxylic acids is 2. The maximum atomic E-state index is 13.6. The van der Waals surface area contributed by atoms with Crippen molar-refractivity contribution >= 4 is 11.9 Å². The van der Waals surface area contributed by atoms with Gasteiger partial charge in [-0.05, 0) is 19.8 Å². The third-order valence-electron chi connectivity index (χ3n) is 6.05. The van der Waals surface area contributed by atoms with Crippen LogP contribution in [-0.4, -0.2) is 66.3 Å². The summed E-state index contributed by atoms with van der Waals surface area (Å²) >= 11 is 0. The number of amides is 3. The van der Waals surface area contributed by atoms with Crippen molar-refractivity contribution in [1.82, 2.24) is 20.9 Å². The van der Waals surface area contributed by atoms with Crippen LogP contribution in [0.4, 0.5) is 13.6 Å². The molecule has 3 aliphatic rings. The van der Waals surface area contributed by atoms with E-state index in [2.05, 4.69) is 35.7 Å². The van der Waals surface area contributed by atoms with E-state index < -0.39 is 41.6 Å². The van der Waals surface area contributed by atoms with Gasteiger partial charge in [-0.3, -0.25) is 10.1 Å². The van der Waals surface area contributed by atoms with Gasteiger partial charge < -0.3 is 20.3 Å². The number of halogens is 2. The second-order valence-corrected chi connectivity index (χ2v) is 9.78. The lowest BCUT2D eigenvalue weighted by Gasteiger charge is -2.48. The van der Waals surface area contributed by atoms with Crippen LogP contribution in [0.2, 0.25) is 0 Å². The summed E-state index contributed by atoms with van der Waals surface area (Å²) in [5, 5.41) is 8.57. The molecule has 0 unspecified atom stereocenters. The zero-order valence-electron chi connectivity index (χ0n) is 17.9. The lowest BCUT2D eigenvalue weighted by atomic mass is 9.89. The highest BCUT2D eigenvalue weighted by molar-refractivity contribution is 5.88. The minimum absolute atomic E-state index is 0.0586. The van der Waals surface area contributed by atoms with E-state index in [0.29, 0.717) is 45.4 Å². The number of hydrogen-bond donors (Lipinski definition) is 3. The van der Waals surface area contributed by atoms with Crippen LogP contribution in [0.1, 0.15) is 52.9 Å². The topological polar surface area (TPSA) is 82.7 Å². The van der Waals surface area contributed by atoms with Gasteiger partial charge in [0.25, 0.3) is 0 Å². The number of nitrogens with zero attached hydrogens (tertiary/aromatic N) is 1. The lowest BCUT2D eigenvalue weighted by Crippen LogP contribution is -2.63. The van der Waals surface area contributed by atoms with Crippen molar-refractivity contribution in [3.63, 3.8) is 0 Å². The highest BCUT2D eigenvalue weighted by Crippen LogP contribution is 2.35. The molecule has 3 rings (SSSR count). The number of carbonyl (C=O) groups is 2. The summed E-state index contributed by atoms with van der Waals surface area (Å²) in [7, 11) is 0. The van der Waals surface area contributed by atoms with Crippen molar-refractivity contribution in [2.24, 2.45) is 5.41 Å². The minimum atomic E-state index is -3.11. The number of terminal acetylenes is 1. The van der Waals surface area contributed by atoms with Gasteiger partial charge in [0.15, 0.2) is 0 Å². The molecule has 3 amide bonds. The van der Waals surface area contributed by atoms with Gasteiger partial charge in [0.05, 0.1) is 6.61 Å². The highest BCUT2D eigenvalue weighted by Gasteiger charge is 2.46. The van der Waals surface area contributed by atoms with Gasteiger partial charge in [0.1, 0.15) is 17.3 Å². The first-order chi connectivity index (χ1) is 13.9. The van der Waals surface area contributed by atoms with Crippen LogP contribution in [0.15, 0.2) is 0 Å². The molecule has 1 atom stereocenters. The molecule has 3 N–H and O–H groups in total. The van der Waals surface area contributed by atoms with Crippen molar-refractivity contribution in [3.05, 3.63) is 0 Å². The number of nitrogens with one attached hydrogen (secondary N) is 3. The Kier molecular flexibility index (Phi) is 6.04. The summed E-state index contributed by atoms with van der Waals surface area (Å²) in [6, 6.07) is -1.89. The Bertz CT molecular complexity index is 705. The Hall–Kier alpha value is -1.92. The summed E-state index contributed by atoms with van der Waals surface area (Å²) in [4.78, 5) is 26.8. The predicted octanol–water partition coefficient (Wildman–Crippen LogP) is 1.83. The molecule has 0 aromatic heterocycles. The van der Waals surface area contributed by atoms with Gasteiger partial charge in [-0.15, -0.1) is 6.42 Å². The summed E-state index contributed by atoms with van der Waals surface area (Å²) in [6.07, 6.45) is 7.04. The Morgan fingerprint density at radius 2 is 1.90 bits per heavy atom. The molecule has 1 aliphatic carbocycles. The van der Waals surface area contributed by atoms with Crippen LogP contribution in [0.25, 0.3) is 0 Å². The fraction of sp³-hybridized carbons (Fsp3) is 0.810. The molecule has 0 aromatic carbocycles. The zero-order chi connectivity index (χ0) is 22.2. The largest absolute Gasteiger partial charge is 0.360 e. The molecule has 2 aliphatic heterocycles. The normalized spacial score (nSPS) is 25.1. The summed E-state index contributed by atoms with van der Waals surface area (Å²) in [5.74, 6) is -1.29. The number of likely N-dealkylation sites (tertiary alicyclic amines) is 1. The van der Waals surface area contributed by atoms with Crippen molar-refractivity contribution in [3.8, 4) is 12.3 Å². The second kappa shape index (κ2) is 7.97. The quantitative estimate of drug-likeness (QED) is 0.586. The third kappa shape index (κ3) is 5.61. The van der Waals surface area contributed by atoms with Gasteiger partial charge in [0, 0.05) is 44.3 Å². The Morgan fingerprint density at radius 1 is 1.27 bits per heavy atom. The number of urea groups is 1. The van der Waals surface area contributed by atoms with E-state index >= 15 is 0 Å². The van der Waals surface area contributed by atoms with Crippen molar-refractivity contribution in [1.29, 1.82) is 0 Å². The van der Waals surface area contributed by atoms with Crippen LogP contribution < -0.4 is 16.0 Å². The second-order valence-electron chi connectivity index (χ2n) is 9.78. The lowest BCUT2D eigenvalue weighted by molar-refractivity contribution is -0.157. The van der Waals surface area contributed by atoms with Crippen LogP contribution in [0.3, 0.4) is 0 Å². The molecule has 30 heavy (non-hydrogen) atoms. The first-order valence-corrected chi connectivity index (χ1v) is 10.5. The Balaban J connectivity index is 1.57. The molecule has 7 nitrogen and oxygen atoms in total. The monoisotopic (exact) mass is 426 g/mol. The van der Waals surface area contributed by atoms with Gasteiger partial charge in [0.2, 0.25) is 11.8 Å². The van der Waals surface area contributed by atoms with E-state index in [1.165, 1.54) is 4.90 Å². The van der Waals surface area contributed by atoms with E-state index in [9.17, 15) is 18.4 Å². The van der Waals surface area contributed by atoms with Gasteiger partial charge in [-0.25, -0.2) is 13.6 Å². The molecule has 9 heteroatoms. The number of rotatable bonds is 5. The summed E-state index contributed by atoms with van der Waals surface area (Å²) in [5.41, 5.74) is -1.16. The van der Waals surface area contributed by atoms with E-state index in [1.807, 2.05) is 0 Å². The Labute approximate surface area is 176 Å². The minimum Gasteiger partial charge on any atom is -0.360 e. The molecule has 2 heterocycles. The van der Waals surface area contributed by atoms with E-state index in [4.69, 9.17) is 11.2 Å². The van der Waals surface area contributed by atoms with Gasteiger partial charge >= 0.3 is 6.03 Å². The molecular weight excluding hydrogens is 394 g/mol. The van der Waals surface area contributed by atoms with Crippen molar-refractivity contribution in [2.45, 2.75) is 76.1 Å². The van der Waals surface area contributed by atoms with Crippen LogP contribution in [0.5, 0.6) is 0 Å². The number of piperidine rings is 1. The SMILES string of the molecule is C#CC1(NC(=O)[C@H](CC(C)(F)F)NC(=O)N2CCC3(CC2)NCC(C)(C)CO3)CC1. The highest BCUT2D eigenvalue weighted by atomic mass is 19.3. The summed E-state index contributed by atoms with van der Waals surface area (Å²) < 4.78 is 33.4. The Morgan fingerprint density at radius 3 is 2.37 bits per heavy atom. The smallest absolute Gasteiger partial charge is 0.318 e. The van der Waals surface area contributed by atoms with Crippen LogP contribution in [0, 0.1) is 17.8 Å². The molecule has 3 fully saturated rings. The molecule has 0 aromatic rings. The maximum absolute atomic E-state index is 13.6. The van der Waals surface area contributed by atoms with Crippen molar-refractivity contribution < 1.29 is 23.1 Å². The van der Waals surface area contributed by atoms with Crippen molar-refractivity contribution in [2.75, 3.05) is 26.2 Å². The average Bonchev–Trinajstić information content (AvgIpc) is 3.43. The van der Waals surface area contributed by atoms with Gasteiger partial charge in [-0.1, -0.05) is 19.8 Å². The number of alkyl halides is 2. The molecule has 1 saturated carbocycles.